The quantitative estimate of drug-likeness (QED) is 0.933. The van der Waals surface area contributed by atoms with Gasteiger partial charge in [0.25, 0.3) is 0 Å². The van der Waals surface area contributed by atoms with E-state index < -0.39 is 11.4 Å². The Kier molecular flexibility index (Phi) is 2.89. The van der Waals surface area contributed by atoms with Gasteiger partial charge in [-0.1, -0.05) is 6.92 Å². The van der Waals surface area contributed by atoms with Crippen LogP contribution in [0.5, 0.6) is 0 Å². The van der Waals surface area contributed by atoms with Crippen molar-refractivity contribution in [3.63, 3.8) is 0 Å². The molecule has 0 saturated carbocycles. The van der Waals surface area contributed by atoms with Crippen molar-refractivity contribution in [2.45, 2.75) is 19.8 Å². The molecule has 0 radical (unpaired) electrons. The molecule has 5 nitrogen and oxygen atoms in total. The van der Waals surface area contributed by atoms with Crippen molar-refractivity contribution in [1.82, 2.24) is 9.97 Å². The summed E-state index contributed by atoms with van der Waals surface area (Å²) in [5, 5.41) is 12.5. The highest BCUT2D eigenvalue weighted by atomic mass is 32.1. The molecule has 0 aromatic carbocycles. The molecule has 6 heteroatoms. The van der Waals surface area contributed by atoms with E-state index in [0.29, 0.717) is 19.4 Å². The Labute approximate surface area is 114 Å². The number of aliphatic carboxylic acids is 1. The molecule has 0 bridgehead atoms. The predicted molar refractivity (Wildman–Crippen MR) is 74.6 cm³/mol. The van der Waals surface area contributed by atoms with Crippen LogP contribution in [-0.2, 0) is 4.79 Å². The molecule has 100 valence electrons. The molecule has 2 aromatic rings. The highest BCUT2D eigenvalue weighted by Gasteiger charge is 2.44. The van der Waals surface area contributed by atoms with E-state index in [2.05, 4.69) is 14.9 Å². The molecule has 1 atom stereocenters. The van der Waals surface area contributed by atoms with Crippen molar-refractivity contribution in [3.05, 3.63) is 17.8 Å². The van der Waals surface area contributed by atoms with Gasteiger partial charge in [0.05, 0.1) is 10.8 Å². The number of rotatable bonds is 3. The number of carboxylic acids is 1. The van der Waals surface area contributed by atoms with E-state index in [1.807, 2.05) is 18.4 Å². The van der Waals surface area contributed by atoms with Gasteiger partial charge in [0.1, 0.15) is 17.0 Å². The van der Waals surface area contributed by atoms with Crippen LogP contribution in [0, 0.1) is 5.41 Å². The van der Waals surface area contributed by atoms with Gasteiger partial charge in [0.15, 0.2) is 0 Å². The molecule has 1 saturated heterocycles. The fourth-order valence-corrected chi connectivity index (χ4v) is 3.42. The average Bonchev–Trinajstić information content (AvgIpc) is 3.05. The molecule has 0 amide bonds. The standard InChI is InChI=1S/C13H15N3O2S/c1-2-13(12(17)18)4-5-16(7-13)10-9-3-6-19-11(9)15-8-14-10/h3,6,8H,2,4-5,7H2,1H3,(H,17,18). The monoisotopic (exact) mass is 277 g/mol. The van der Waals surface area contributed by atoms with Crippen LogP contribution in [0.1, 0.15) is 19.8 Å². The highest BCUT2D eigenvalue weighted by Crippen LogP contribution is 2.38. The van der Waals surface area contributed by atoms with Crippen LogP contribution < -0.4 is 4.90 Å². The fourth-order valence-electron chi connectivity index (χ4n) is 2.70. The van der Waals surface area contributed by atoms with Crippen LogP contribution >= 0.6 is 11.3 Å². The Morgan fingerprint density at radius 1 is 1.58 bits per heavy atom. The molecule has 0 aliphatic carbocycles. The number of nitrogens with zero attached hydrogens (tertiary/aromatic N) is 3. The molecule has 2 aromatic heterocycles. The molecule has 3 heterocycles. The van der Waals surface area contributed by atoms with E-state index >= 15 is 0 Å². The van der Waals surface area contributed by atoms with Gasteiger partial charge in [0.2, 0.25) is 0 Å². The number of carbonyl (C=O) groups is 1. The Bertz CT molecular complexity index is 627. The maximum atomic E-state index is 11.5. The number of carboxylic acid groups (broad SMARTS) is 1. The third-order valence-corrected chi connectivity index (χ3v) is 4.85. The first-order chi connectivity index (χ1) is 9.16. The molecule has 1 fully saturated rings. The molecule has 1 aliphatic rings. The van der Waals surface area contributed by atoms with E-state index in [4.69, 9.17) is 0 Å². The van der Waals surface area contributed by atoms with E-state index in [1.54, 1.807) is 17.7 Å². The minimum absolute atomic E-state index is 0.529. The first kappa shape index (κ1) is 12.3. The molecule has 3 rings (SSSR count). The fraction of sp³-hybridized carbons (Fsp3) is 0.462. The third-order valence-electron chi connectivity index (χ3n) is 4.02. The summed E-state index contributed by atoms with van der Waals surface area (Å²) in [5.74, 6) is 0.163. The van der Waals surface area contributed by atoms with Crippen molar-refractivity contribution < 1.29 is 9.90 Å². The van der Waals surface area contributed by atoms with Crippen LogP contribution in [0.2, 0.25) is 0 Å². The lowest BCUT2D eigenvalue weighted by molar-refractivity contribution is -0.147. The molecule has 1 aliphatic heterocycles. The second kappa shape index (κ2) is 4.45. The van der Waals surface area contributed by atoms with E-state index in [1.165, 1.54) is 0 Å². The zero-order valence-electron chi connectivity index (χ0n) is 10.7. The van der Waals surface area contributed by atoms with Gasteiger partial charge in [-0.15, -0.1) is 11.3 Å². The molecule has 0 spiro atoms. The SMILES string of the molecule is CCC1(C(=O)O)CCN(c2ncnc3sccc23)C1. The lowest BCUT2D eigenvalue weighted by Crippen LogP contribution is -2.34. The second-order valence-electron chi connectivity index (χ2n) is 4.95. The number of thiophene rings is 1. The molecule has 1 N–H and O–H groups in total. The third kappa shape index (κ3) is 1.87. The van der Waals surface area contributed by atoms with Crippen LogP contribution in [0.15, 0.2) is 17.8 Å². The first-order valence-electron chi connectivity index (χ1n) is 6.33. The molecular weight excluding hydrogens is 262 g/mol. The van der Waals surface area contributed by atoms with E-state index in [0.717, 1.165) is 22.6 Å². The summed E-state index contributed by atoms with van der Waals surface area (Å²) in [6, 6.07) is 2.00. The van der Waals surface area contributed by atoms with Crippen molar-refractivity contribution in [1.29, 1.82) is 0 Å². The average molecular weight is 277 g/mol. The largest absolute Gasteiger partial charge is 0.481 e. The lowest BCUT2D eigenvalue weighted by Gasteiger charge is -2.23. The molecular formula is C13H15N3O2S. The van der Waals surface area contributed by atoms with Crippen LogP contribution in [-0.4, -0.2) is 34.1 Å². The van der Waals surface area contributed by atoms with Gasteiger partial charge in [-0.25, -0.2) is 9.97 Å². The van der Waals surface area contributed by atoms with Gasteiger partial charge in [-0.2, -0.15) is 0 Å². The number of aromatic nitrogens is 2. The zero-order chi connectivity index (χ0) is 13.5. The van der Waals surface area contributed by atoms with Gasteiger partial charge >= 0.3 is 5.97 Å². The van der Waals surface area contributed by atoms with E-state index in [9.17, 15) is 9.90 Å². The van der Waals surface area contributed by atoms with Gasteiger partial charge in [0, 0.05) is 13.1 Å². The zero-order valence-corrected chi connectivity index (χ0v) is 11.5. The normalized spacial score (nSPS) is 23.1. The topological polar surface area (TPSA) is 66.3 Å². The number of hydrogen-bond acceptors (Lipinski definition) is 5. The summed E-state index contributed by atoms with van der Waals surface area (Å²) in [5.41, 5.74) is -0.632. The van der Waals surface area contributed by atoms with E-state index in [-0.39, 0.29) is 0 Å². The van der Waals surface area contributed by atoms with Crippen LogP contribution in [0.3, 0.4) is 0 Å². The Hall–Kier alpha value is -1.69. The first-order valence-corrected chi connectivity index (χ1v) is 7.21. The Morgan fingerprint density at radius 2 is 2.42 bits per heavy atom. The maximum absolute atomic E-state index is 11.5. The van der Waals surface area contributed by atoms with Crippen LogP contribution in [0.25, 0.3) is 10.2 Å². The predicted octanol–water partition coefficient (Wildman–Crippen LogP) is 2.38. The molecule has 1 unspecified atom stereocenters. The summed E-state index contributed by atoms with van der Waals surface area (Å²) < 4.78 is 0. The summed E-state index contributed by atoms with van der Waals surface area (Å²) in [6.07, 6.45) is 2.88. The van der Waals surface area contributed by atoms with Crippen molar-refractivity contribution in [2.24, 2.45) is 5.41 Å². The van der Waals surface area contributed by atoms with Gasteiger partial charge < -0.3 is 10.0 Å². The summed E-state index contributed by atoms with van der Waals surface area (Å²) in [7, 11) is 0. The minimum Gasteiger partial charge on any atom is -0.481 e. The number of fused-ring (bicyclic) bond motifs is 1. The van der Waals surface area contributed by atoms with Crippen molar-refractivity contribution >= 4 is 33.3 Å². The number of anilines is 1. The maximum Gasteiger partial charge on any atom is 0.311 e. The van der Waals surface area contributed by atoms with Crippen molar-refractivity contribution in [2.75, 3.05) is 18.0 Å². The smallest absolute Gasteiger partial charge is 0.311 e. The van der Waals surface area contributed by atoms with Gasteiger partial charge in [-0.3, -0.25) is 4.79 Å². The Balaban J connectivity index is 1.97. The summed E-state index contributed by atoms with van der Waals surface area (Å²) >= 11 is 1.58. The number of hydrogen-bond donors (Lipinski definition) is 1. The second-order valence-corrected chi connectivity index (χ2v) is 5.84. The highest BCUT2D eigenvalue weighted by molar-refractivity contribution is 7.16. The lowest BCUT2D eigenvalue weighted by atomic mass is 9.84. The Morgan fingerprint density at radius 3 is 3.11 bits per heavy atom. The van der Waals surface area contributed by atoms with Crippen LogP contribution in [0.4, 0.5) is 5.82 Å². The minimum atomic E-state index is -0.701. The van der Waals surface area contributed by atoms with Gasteiger partial charge in [-0.05, 0) is 24.3 Å². The summed E-state index contributed by atoms with van der Waals surface area (Å²) in [6.45, 7) is 3.21. The molecule has 19 heavy (non-hydrogen) atoms. The van der Waals surface area contributed by atoms with Crippen molar-refractivity contribution in [3.8, 4) is 0 Å². The summed E-state index contributed by atoms with van der Waals surface area (Å²) in [4.78, 5) is 23.1.